The van der Waals surface area contributed by atoms with Crippen LogP contribution in [0.5, 0.6) is 0 Å². The Hall–Kier alpha value is -3.45. The number of nitrogens with one attached hydrogen (secondary N) is 1. The number of hydrogen-bond acceptors (Lipinski definition) is 3. The highest BCUT2D eigenvalue weighted by atomic mass is 32.1. The molecule has 1 aliphatic heterocycles. The molecule has 1 aliphatic rings. The maximum absolute atomic E-state index is 13.6. The molecule has 2 amide bonds. The molecular formula is C25H22FN3O2S. The SMILES string of the molecule is CC1(C(=O)NCc2ccc(F)cc2)Cn2c(cc3ccsc32)C(=O)N1Cc1ccccc1. The van der Waals surface area contributed by atoms with Crippen LogP contribution in [0.15, 0.2) is 72.1 Å². The van der Waals surface area contributed by atoms with Gasteiger partial charge in [-0.1, -0.05) is 42.5 Å². The number of carbonyl (C=O) groups is 2. The Morgan fingerprint density at radius 1 is 1.09 bits per heavy atom. The molecule has 0 saturated heterocycles. The molecule has 4 aromatic rings. The first-order valence-electron chi connectivity index (χ1n) is 10.4. The summed E-state index contributed by atoms with van der Waals surface area (Å²) in [4.78, 5) is 29.8. The van der Waals surface area contributed by atoms with Crippen LogP contribution >= 0.6 is 11.3 Å². The van der Waals surface area contributed by atoms with E-state index in [4.69, 9.17) is 0 Å². The Labute approximate surface area is 189 Å². The first kappa shape index (κ1) is 20.5. The molecule has 1 unspecified atom stereocenters. The van der Waals surface area contributed by atoms with E-state index < -0.39 is 5.54 Å². The normalized spacial score (nSPS) is 18.1. The van der Waals surface area contributed by atoms with Gasteiger partial charge in [-0.3, -0.25) is 9.59 Å². The Balaban J connectivity index is 1.49. The molecule has 32 heavy (non-hydrogen) atoms. The van der Waals surface area contributed by atoms with Crippen molar-refractivity contribution in [1.29, 1.82) is 0 Å². The molecule has 2 aromatic carbocycles. The highest BCUT2D eigenvalue weighted by Gasteiger charge is 2.47. The van der Waals surface area contributed by atoms with Gasteiger partial charge in [0.25, 0.3) is 5.91 Å². The third-order valence-corrected chi connectivity index (χ3v) is 7.02. The van der Waals surface area contributed by atoms with E-state index in [2.05, 4.69) is 5.32 Å². The summed E-state index contributed by atoms with van der Waals surface area (Å²) in [5.41, 5.74) is 1.27. The van der Waals surface area contributed by atoms with Crippen LogP contribution in [-0.4, -0.2) is 26.8 Å². The van der Waals surface area contributed by atoms with Crippen molar-refractivity contribution in [2.24, 2.45) is 0 Å². The zero-order chi connectivity index (χ0) is 22.3. The molecule has 0 radical (unpaired) electrons. The van der Waals surface area contributed by atoms with Crippen LogP contribution in [-0.2, 0) is 24.4 Å². The minimum absolute atomic E-state index is 0.164. The van der Waals surface area contributed by atoms with Crippen molar-refractivity contribution in [3.05, 3.63) is 94.7 Å². The molecule has 5 nitrogen and oxygen atoms in total. The number of carbonyl (C=O) groups excluding carboxylic acids is 2. The fraction of sp³-hybridized carbons (Fsp3) is 0.200. The lowest BCUT2D eigenvalue weighted by Gasteiger charge is -2.44. The number of aromatic nitrogens is 1. The van der Waals surface area contributed by atoms with Crippen molar-refractivity contribution in [2.45, 2.75) is 32.1 Å². The zero-order valence-electron chi connectivity index (χ0n) is 17.5. The fourth-order valence-corrected chi connectivity index (χ4v) is 5.14. The largest absolute Gasteiger partial charge is 0.350 e. The molecule has 7 heteroatoms. The summed E-state index contributed by atoms with van der Waals surface area (Å²) < 4.78 is 15.2. The number of halogens is 1. The van der Waals surface area contributed by atoms with Gasteiger partial charge in [-0.15, -0.1) is 11.3 Å². The summed E-state index contributed by atoms with van der Waals surface area (Å²) in [6, 6.07) is 19.6. The molecule has 0 fully saturated rings. The summed E-state index contributed by atoms with van der Waals surface area (Å²) >= 11 is 1.56. The lowest BCUT2D eigenvalue weighted by Crippen LogP contribution is -2.63. The Morgan fingerprint density at radius 3 is 2.59 bits per heavy atom. The zero-order valence-corrected chi connectivity index (χ0v) is 18.4. The number of nitrogens with zero attached hydrogens (tertiary/aromatic N) is 2. The van der Waals surface area contributed by atoms with E-state index >= 15 is 0 Å². The molecule has 0 aliphatic carbocycles. The van der Waals surface area contributed by atoms with Crippen molar-refractivity contribution in [3.8, 4) is 0 Å². The van der Waals surface area contributed by atoms with Crippen LogP contribution in [0.25, 0.3) is 10.2 Å². The Kier molecular flexibility index (Phi) is 5.06. The predicted octanol–water partition coefficient (Wildman–Crippen LogP) is 4.57. The second-order valence-corrected chi connectivity index (χ2v) is 9.15. The molecule has 3 heterocycles. The second kappa shape index (κ2) is 7.91. The van der Waals surface area contributed by atoms with E-state index in [1.54, 1.807) is 28.4 Å². The van der Waals surface area contributed by atoms with Crippen LogP contribution in [0, 0.1) is 5.82 Å². The third-order valence-electron chi connectivity index (χ3n) is 6.07. The van der Waals surface area contributed by atoms with Crippen molar-refractivity contribution in [1.82, 2.24) is 14.8 Å². The molecule has 5 rings (SSSR count). The van der Waals surface area contributed by atoms with Crippen LogP contribution in [0.1, 0.15) is 28.5 Å². The van der Waals surface area contributed by atoms with Gasteiger partial charge in [-0.05, 0) is 47.7 Å². The van der Waals surface area contributed by atoms with Gasteiger partial charge in [-0.25, -0.2) is 4.39 Å². The Bertz CT molecular complexity index is 1300. The van der Waals surface area contributed by atoms with Gasteiger partial charge < -0.3 is 14.8 Å². The van der Waals surface area contributed by atoms with Gasteiger partial charge in [0.2, 0.25) is 5.91 Å². The van der Waals surface area contributed by atoms with E-state index in [9.17, 15) is 14.0 Å². The topological polar surface area (TPSA) is 54.3 Å². The number of fused-ring (bicyclic) bond motifs is 3. The molecule has 0 bridgehead atoms. The van der Waals surface area contributed by atoms with Crippen LogP contribution in [0.4, 0.5) is 4.39 Å². The standard InChI is InChI=1S/C25H22FN3O2S/c1-25(24(31)27-14-17-7-9-20(26)10-8-17)16-28-21(13-19-11-12-32-23(19)28)22(30)29(25)15-18-5-3-2-4-6-18/h2-13H,14-16H2,1H3,(H,27,31). The van der Waals surface area contributed by atoms with E-state index in [0.717, 1.165) is 21.3 Å². The first-order valence-corrected chi connectivity index (χ1v) is 11.3. The highest BCUT2D eigenvalue weighted by Crippen LogP contribution is 2.35. The molecule has 0 saturated carbocycles. The van der Waals surface area contributed by atoms with Crippen molar-refractivity contribution in [2.75, 3.05) is 0 Å². The maximum atomic E-state index is 13.6. The first-order chi connectivity index (χ1) is 15.5. The summed E-state index contributed by atoms with van der Waals surface area (Å²) in [6.45, 7) is 2.77. The third kappa shape index (κ3) is 3.48. The molecular weight excluding hydrogens is 425 g/mol. The predicted molar refractivity (Wildman–Crippen MR) is 123 cm³/mol. The van der Waals surface area contributed by atoms with Crippen LogP contribution < -0.4 is 5.32 Å². The number of rotatable bonds is 5. The highest BCUT2D eigenvalue weighted by molar-refractivity contribution is 7.16. The van der Waals surface area contributed by atoms with Crippen molar-refractivity contribution >= 4 is 33.4 Å². The number of amides is 2. The number of benzene rings is 2. The number of hydrogen-bond donors (Lipinski definition) is 1. The molecule has 0 spiro atoms. The average Bonchev–Trinajstić information content (AvgIpc) is 3.39. The quantitative estimate of drug-likeness (QED) is 0.487. The van der Waals surface area contributed by atoms with Gasteiger partial charge in [0, 0.05) is 18.5 Å². The maximum Gasteiger partial charge on any atom is 0.271 e. The summed E-state index contributed by atoms with van der Waals surface area (Å²) in [5, 5.41) is 5.96. The molecule has 1 atom stereocenters. The van der Waals surface area contributed by atoms with Crippen molar-refractivity contribution in [3.63, 3.8) is 0 Å². The summed E-state index contributed by atoms with van der Waals surface area (Å²) in [7, 11) is 0. The van der Waals surface area contributed by atoms with Gasteiger partial charge in [0.05, 0.1) is 6.54 Å². The lowest BCUT2D eigenvalue weighted by molar-refractivity contribution is -0.133. The van der Waals surface area contributed by atoms with Gasteiger partial charge in [-0.2, -0.15) is 0 Å². The van der Waals surface area contributed by atoms with E-state index in [1.807, 2.05) is 59.3 Å². The smallest absolute Gasteiger partial charge is 0.271 e. The molecule has 162 valence electrons. The van der Waals surface area contributed by atoms with Gasteiger partial charge in [0.15, 0.2) is 0 Å². The van der Waals surface area contributed by atoms with E-state index in [-0.39, 0.29) is 24.2 Å². The molecule has 2 aromatic heterocycles. The number of thiophene rings is 1. The van der Waals surface area contributed by atoms with E-state index in [1.165, 1.54) is 12.1 Å². The summed E-state index contributed by atoms with van der Waals surface area (Å²) in [5.74, 6) is -0.725. The fourth-order valence-electron chi connectivity index (χ4n) is 4.25. The van der Waals surface area contributed by atoms with Crippen LogP contribution in [0.2, 0.25) is 0 Å². The Morgan fingerprint density at radius 2 is 1.84 bits per heavy atom. The molecule has 1 N–H and O–H groups in total. The van der Waals surface area contributed by atoms with E-state index in [0.29, 0.717) is 18.8 Å². The minimum atomic E-state index is -1.09. The minimum Gasteiger partial charge on any atom is -0.350 e. The van der Waals surface area contributed by atoms with Gasteiger partial charge >= 0.3 is 0 Å². The monoisotopic (exact) mass is 447 g/mol. The van der Waals surface area contributed by atoms with Crippen LogP contribution in [0.3, 0.4) is 0 Å². The summed E-state index contributed by atoms with van der Waals surface area (Å²) in [6.07, 6.45) is 0. The van der Waals surface area contributed by atoms with Gasteiger partial charge in [0.1, 0.15) is 21.9 Å². The average molecular weight is 448 g/mol. The second-order valence-electron chi connectivity index (χ2n) is 8.26. The lowest BCUT2D eigenvalue weighted by atomic mass is 9.93. The van der Waals surface area contributed by atoms with Crippen molar-refractivity contribution < 1.29 is 14.0 Å².